The minimum absolute atomic E-state index is 0.0249. The van der Waals surface area contributed by atoms with E-state index in [0.717, 1.165) is 6.07 Å². The second kappa shape index (κ2) is 6.05. The van der Waals surface area contributed by atoms with Gasteiger partial charge >= 0.3 is 6.18 Å². The van der Waals surface area contributed by atoms with Gasteiger partial charge in [0.05, 0.1) is 18.1 Å². The maximum atomic E-state index is 12.9. The molecule has 0 aliphatic carbocycles. The third kappa shape index (κ3) is 3.75. The molecular weight excluding hydrogens is 283 g/mol. The zero-order valence-electron chi connectivity index (χ0n) is 11.7. The molecule has 0 bridgehead atoms. The number of carbonyl (C=O) groups is 1. The van der Waals surface area contributed by atoms with Gasteiger partial charge in [0, 0.05) is 13.1 Å². The van der Waals surface area contributed by atoms with Crippen LogP contribution in [0.5, 0.6) is 0 Å². The van der Waals surface area contributed by atoms with E-state index in [9.17, 15) is 23.1 Å². The lowest BCUT2D eigenvalue weighted by atomic mass is 9.95. The van der Waals surface area contributed by atoms with Crippen molar-refractivity contribution < 1.29 is 23.1 Å². The highest BCUT2D eigenvalue weighted by atomic mass is 19.4. The number of rotatable bonds is 2. The van der Waals surface area contributed by atoms with E-state index in [2.05, 4.69) is 0 Å². The number of likely N-dealkylation sites (tertiary alicyclic amines) is 1. The molecule has 6 heteroatoms. The van der Waals surface area contributed by atoms with E-state index in [1.165, 1.54) is 23.1 Å². The Hall–Kier alpha value is -1.56. The van der Waals surface area contributed by atoms with Crippen molar-refractivity contribution in [3.63, 3.8) is 0 Å². The van der Waals surface area contributed by atoms with Crippen molar-refractivity contribution in [1.29, 1.82) is 0 Å². The minimum atomic E-state index is -4.47. The lowest BCUT2D eigenvalue weighted by Crippen LogP contribution is -2.46. The van der Waals surface area contributed by atoms with E-state index in [1.807, 2.05) is 6.92 Å². The molecule has 1 heterocycles. The van der Waals surface area contributed by atoms with Crippen LogP contribution in [0.4, 0.5) is 13.2 Å². The number of hydrogen-bond acceptors (Lipinski definition) is 2. The van der Waals surface area contributed by atoms with E-state index >= 15 is 0 Å². The van der Waals surface area contributed by atoms with Crippen LogP contribution in [0.15, 0.2) is 24.3 Å². The van der Waals surface area contributed by atoms with Crippen molar-refractivity contribution in [2.24, 2.45) is 5.92 Å². The quantitative estimate of drug-likeness (QED) is 0.911. The van der Waals surface area contributed by atoms with E-state index in [0.29, 0.717) is 13.0 Å². The van der Waals surface area contributed by atoms with Gasteiger partial charge in [0.2, 0.25) is 5.91 Å². The van der Waals surface area contributed by atoms with E-state index in [4.69, 9.17) is 0 Å². The van der Waals surface area contributed by atoms with Crippen LogP contribution in [-0.2, 0) is 17.4 Å². The maximum Gasteiger partial charge on any atom is 0.416 e. The summed E-state index contributed by atoms with van der Waals surface area (Å²) in [6.45, 7) is 2.56. The van der Waals surface area contributed by atoms with Crippen LogP contribution in [0, 0.1) is 5.92 Å². The second-order valence-electron chi connectivity index (χ2n) is 5.50. The number of alkyl halides is 3. The number of carbonyl (C=O) groups excluding carboxylic acids is 1. The number of nitrogens with zero attached hydrogens (tertiary/aromatic N) is 1. The third-order valence-corrected chi connectivity index (χ3v) is 3.94. The Kier molecular flexibility index (Phi) is 4.56. The molecule has 2 rings (SSSR count). The Bertz CT molecular complexity index is 516. The molecule has 1 aliphatic rings. The first kappa shape index (κ1) is 15.8. The SMILES string of the molecule is CC1CCN(C(=O)Cc2ccccc2C(F)(F)F)CC1O. The van der Waals surface area contributed by atoms with Crippen LogP contribution in [0.25, 0.3) is 0 Å². The molecule has 0 spiro atoms. The molecule has 1 N–H and O–H groups in total. The number of aliphatic hydroxyl groups excluding tert-OH is 1. The number of piperidine rings is 1. The summed E-state index contributed by atoms with van der Waals surface area (Å²) in [5.41, 5.74) is -0.799. The lowest BCUT2D eigenvalue weighted by molar-refractivity contribution is -0.139. The molecule has 0 radical (unpaired) electrons. The molecule has 116 valence electrons. The zero-order valence-corrected chi connectivity index (χ0v) is 11.7. The summed E-state index contributed by atoms with van der Waals surface area (Å²) < 4.78 is 38.7. The highest BCUT2D eigenvalue weighted by molar-refractivity contribution is 5.79. The maximum absolute atomic E-state index is 12.9. The molecule has 1 aromatic rings. The molecule has 2 unspecified atom stereocenters. The van der Waals surface area contributed by atoms with Crippen LogP contribution >= 0.6 is 0 Å². The highest BCUT2D eigenvalue weighted by Crippen LogP contribution is 2.32. The predicted molar refractivity (Wildman–Crippen MR) is 71.5 cm³/mol. The number of amides is 1. The fraction of sp³-hybridized carbons (Fsp3) is 0.533. The minimum Gasteiger partial charge on any atom is -0.391 e. The largest absolute Gasteiger partial charge is 0.416 e. The number of benzene rings is 1. The third-order valence-electron chi connectivity index (χ3n) is 3.94. The van der Waals surface area contributed by atoms with Gasteiger partial charge in [0.1, 0.15) is 0 Å². The first-order chi connectivity index (χ1) is 9.79. The van der Waals surface area contributed by atoms with E-state index < -0.39 is 17.8 Å². The highest BCUT2D eigenvalue weighted by Gasteiger charge is 2.34. The molecule has 1 aliphatic heterocycles. The molecule has 1 saturated heterocycles. The Morgan fingerprint density at radius 1 is 1.38 bits per heavy atom. The van der Waals surface area contributed by atoms with Crippen molar-refractivity contribution in [2.45, 2.75) is 32.0 Å². The fourth-order valence-electron chi connectivity index (χ4n) is 2.50. The average Bonchev–Trinajstić information content (AvgIpc) is 2.41. The number of halogens is 3. The summed E-state index contributed by atoms with van der Waals surface area (Å²) in [5, 5.41) is 9.77. The topological polar surface area (TPSA) is 40.5 Å². The van der Waals surface area contributed by atoms with Gasteiger partial charge in [-0.1, -0.05) is 25.1 Å². The Morgan fingerprint density at radius 3 is 2.67 bits per heavy atom. The molecule has 0 saturated carbocycles. The molecule has 3 nitrogen and oxygen atoms in total. The molecule has 2 atom stereocenters. The number of hydrogen-bond donors (Lipinski definition) is 1. The average molecular weight is 301 g/mol. The summed E-state index contributed by atoms with van der Waals surface area (Å²) in [6.07, 6.45) is -4.71. The fourth-order valence-corrected chi connectivity index (χ4v) is 2.50. The summed E-state index contributed by atoms with van der Waals surface area (Å²) in [6, 6.07) is 5.10. The van der Waals surface area contributed by atoms with Crippen molar-refractivity contribution in [3.8, 4) is 0 Å². The summed E-state index contributed by atoms with van der Waals surface area (Å²) in [4.78, 5) is 13.6. The van der Waals surface area contributed by atoms with Crippen LogP contribution in [0.3, 0.4) is 0 Å². The van der Waals surface area contributed by atoms with Crippen LogP contribution in [-0.4, -0.2) is 35.1 Å². The molecule has 0 aromatic heterocycles. The van der Waals surface area contributed by atoms with Gasteiger partial charge in [0.25, 0.3) is 0 Å². The van der Waals surface area contributed by atoms with Crippen LogP contribution in [0.1, 0.15) is 24.5 Å². The Labute approximate surface area is 121 Å². The number of aliphatic hydroxyl groups is 1. The second-order valence-corrected chi connectivity index (χ2v) is 5.50. The molecule has 1 fully saturated rings. The summed E-state index contributed by atoms with van der Waals surface area (Å²) >= 11 is 0. The van der Waals surface area contributed by atoms with Gasteiger partial charge in [-0.3, -0.25) is 4.79 Å². The van der Waals surface area contributed by atoms with Crippen molar-refractivity contribution in [1.82, 2.24) is 4.90 Å². The van der Waals surface area contributed by atoms with Gasteiger partial charge in [-0.2, -0.15) is 13.2 Å². The first-order valence-electron chi connectivity index (χ1n) is 6.90. The van der Waals surface area contributed by atoms with E-state index in [1.54, 1.807) is 0 Å². The van der Waals surface area contributed by atoms with Gasteiger partial charge < -0.3 is 10.0 Å². The van der Waals surface area contributed by atoms with Gasteiger partial charge in [0.15, 0.2) is 0 Å². The summed E-state index contributed by atoms with van der Waals surface area (Å²) in [5.74, 6) is -0.269. The lowest BCUT2D eigenvalue weighted by Gasteiger charge is -2.34. The molecule has 1 aromatic carbocycles. The normalized spacial score (nSPS) is 23.2. The first-order valence-corrected chi connectivity index (χ1v) is 6.90. The monoisotopic (exact) mass is 301 g/mol. The van der Waals surface area contributed by atoms with Gasteiger partial charge in [-0.15, -0.1) is 0 Å². The van der Waals surface area contributed by atoms with Crippen molar-refractivity contribution in [3.05, 3.63) is 35.4 Å². The Morgan fingerprint density at radius 2 is 2.05 bits per heavy atom. The van der Waals surface area contributed by atoms with Crippen LogP contribution in [0.2, 0.25) is 0 Å². The van der Waals surface area contributed by atoms with E-state index in [-0.39, 0.29) is 30.4 Å². The molecule has 1 amide bonds. The van der Waals surface area contributed by atoms with Crippen molar-refractivity contribution in [2.75, 3.05) is 13.1 Å². The zero-order chi connectivity index (χ0) is 15.6. The van der Waals surface area contributed by atoms with Gasteiger partial charge in [-0.25, -0.2) is 0 Å². The smallest absolute Gasteiger partial charge is 0.391 e. The van der Waals surface area contributed by atoms with Crippen LogP contribution < -0.4 is 0 Å². The summed E-state index contributed by atoms with van der Waals surface area (Å²) in [7, 11) is 0. The molecule has 21 heavy (non-hydrogen) atoms. The standard InChI is InChI=1S/C15H18F3NO2/c1-10-6-7-19(9-13(10)20)14(21)8-11-4-2-3-5-12(11)15(16,17)18/h2-5,10,13,20H,6-9H2,1H3. The predicted octanol–water partition coefficient (Wildman–Crippen LogP) is 2.48. The molecular formula is C15H18F3NO2. The Balaban J connectivity index is 2.10. The van der Waals surface area contributed by atoms with Crippen molar-refractivity contribution >= 4 is 5.91 Å². The number of β-amino-alcohol motifs (C(OH)–C–C–N with tert-alkyl or cyclic N) is 1. The van der Waals surface area contributed by atoms with Gasteiger partial charge in [-0.05, 0) is 24.0 Å².